The van der Waals surface area contributed by atoms with Gasteiger partial charge < -0.3 is 24.8 Å². The van der Waals surface area contributed by atoms with Crippen molar-refractivity contribution < 1.29 is 19.0 Å². The molecule has 0 atom stereocenters. The molecule has 1 fully saturated rings. The van der Waals surface area contributed by atoms with E-state index in [-0.39, 0.29) is 6.03 Å². The van der Waals surface area contributed by atoms with E-state index in [0.29, 0.717) is 30.7 Å². The Morgan fingerprint density at radius 2 is 1.64 bits per heavy atom. The molecule has 1 aliphatic carbocycles. The summed E-state index contributed by atoms with van der Waals surface area (Å²) in [4.78, 5) is 12.2. The maximum Gasteiger partial charge on any atom is 0.315 e. The Morgan fingerprint density at radius 3 is 2.39 bits per heavy atom. The van der Waals surface area contributed by atoms with Crippen molar-refractivity contribution in [1.82, 2.24) is 10.6 Å². The fraction of sp³-hybridized carbons (Fsp3) is 0.409. The van der Waals surface area contributed by atoms with E-state index >= 15 is 0 Å². The topological polar surface area (TPSA) is 68.8 Å². The van der Waals surface area contributed by atoms with E-state index in [0.717, 1.165) is 29.7 Å². The number of para-hydroxylation sites is 1. The molecular formula is C22H28N2O4. The summed E-state index contributed by atoms with van der Waals surface area (Å²) in [6, 6.07) is 13.2. The summed E-state index contributed by atoms with van der Waals surface area (Å²) in [7, 11) is 3.18. The van der Waals surface area contributed by atoms with Crippen LogP contribution in [0.3, 0.4) is 0 Å². The third-order valence-corrected chi connectivity index (χ3v) is 4.91. The zero-order chi connectivity index (χ0) is 19.8. The van der Waals surface area contributed by atoms with Gasteiger partial charge in [0, 0.05) is 18.7 Å². The number of rotatable bonds is 8. The Hall–Kier alpha value is -2.89. The van der Waals surface area contributed by atoms with Gasteiger partial charge in [-0.25, -0.2) is 4.79 Å². The summed E-state index contributed by atoms with van der Waals surface area (Å²) >= 11 is 0. The van der Waals surface area contributed by atoms with Crippen LogP contribution < -0.4 is 24.8 Å². The molecule has 2 N–H and O–H groups in total. The molecule has 2 aromatic carbocycles. The Bertz CT molecular complexity index is 788. The number of nitrogens with one attached hydrogen (secondary N) is 2. The van der Waals surface area contributed by atoms with Gasteiger partial charge in [-0.15, -0.1) is 0 Å². The maximum atomic E-state index is 12.2. The molecule has 0 radical (unpaired) electrons. The number of methoxy groups -OCH3 is 2. The Kier molecular flexibility index (Phi) is 7.00. The van der Waals surface area contributed by atoms with Crippen LogP contribution in [0.5, 0.6) is 17.2 Å². The van der Waals surface area contributed by atoms with Gasteiger partial charge in [-0.1, -0.05) is 24.3 Å². The molecule has 2 aromatic rings. The molecular weight excluding hydrogens is 356 g/mol. The number of benzene rings is 2. The van der Waals surface area contributed by atoms with Crippen LogP contribution >= 0.6 is 0 Å². The standard InChI is InChI=1S/C22H28N2O4/c1-26-20-12-11-16(13-21(20)27-2)14-23-22(25)24-15-17-7-3-6-10-19(17)28-18-8-4-5-9-18/h3,6-7,10-13,18H,4-5,8-9,14-15H2,1-2H3,(H2,23,24,25). The van der Waals surface area contributed by atoms with E-state index in [1.54, 1.807) is 14.2 Å². The number of carbonyl (C=O) groups is 1. The molecule has 0 unspecified atom stereocenters. The van der Waals surface area contributed by atoms with Crippen LogP contribution in [0.1, 0.15) is 36.8 Å². The normalized spacial score (nSPS) is 13.8. The van der Waals surface area contributed by atoms with Gasteiger partial charge >= 0.3 is 6.03 Å². The lowest BCUT2D eigenvalue weighted by Crippen LogP contribution is -2.34. The molecule has 0 spiro atoms. The SMILES string of the molecule is COc1ccc(CNC(=O)NCc2ccccc2OC2CCCC2)cc1OC. The van der Waals surface area contributed by atoms with Crippen molar-refractivity contribution >= 4 is 6.03 Å². The number of hydrogen-bond donors (Lipinski definition) is 2. The lowest BCUT2D eigenvalue weighted by atomic mass is 10.2. The molecule has 0 aliphatic heterocycles. The number of amides is 2. The monoisotopic (exact) mass is 384 g/mol. The summed E-state index contributed by atoms with van der Waals surface area (Å²) in [6.07, 6.45) is 4.95. The minimum absolute atomic E-state index is 0.231. The highest BCUT2D eigenvalue weighted by molar-refractivity contribution is 5.74. The van der Waals surface area contributed by atoms with E-state index in [9.17, 15) is 4.79 Å². The van der Waals surface area contributed by atoms with Gasteiger partial charge in [0.25, 0.3) is 0 Å². The molecule has 2 amide bonds. The molecule has 28 heavy (non-hydrogen) atoms. The Morgan fingerprint density at radius 1 is 0.929 bits per heavy atom. The van der Waals surface area contributed by atoms with Gasteiger partial charge in [0.15, 0.2) is 11.5 Å². The van der Waals surface area contributed by atoms with E-state index in [1.165, 1.54) is 12.8 Å². The fourth-order valence-electron chi connectivity index (χ4n) is 3.36. The first-order valence-electron chi connectivity index (χ1n) is 9.66. The van der Waals surface area contributed by atoms with Gasteiger partial charge in [0.1, 0.15) is 5.75 Å². The number of urea groups is 1. The first kappa shape index (κ1) is 19.9. The highest BCUT2D eigenvalue weighted by Crippen LogP contribution is 2.28. The van der Waals surface area contributed by atoms with E-state index in [4.69, 9.17) is 14.2 Å². The average Bonchev–Trinajstić information content (AvgIpc) is 3.24. The van der Waals surface area contributed by atoms with Crippen LogP contribution in [0.25, 0.3) is 0 Å². The zero-order valence-electron chi connectivity index (χ0n) is 16.5. The Labute approximate surface area is 166 Å². The van der Waals surface area contributed by atoms with Gasteiger partial charge in [-0.2, -0.15) is 0 Å². The molecule has 0 heterocycles. The smallest absolute Gasteiger partial charge is 0.315 e. The lowest BCUT2D eigenvalue weighted by Gasteiger charge is -2.17. The predicted molar refractivity (Wildman–Crippen MR) is 108 cm³/mol. The maximum absolute atomic E-state index is 12.2. The van der Waals surface area contributed by atoms with Crippen LogP contribution in [0.2, 0.25) is 0 Å². The third-order valence-electron chi connectivity index (χ3n) is 4.91. The highest BCUT2D eigenvalue weighted by Gasteiger charge is 2.17. The fourth-order valence-corrected chi connectivity index (χ4v) is 3.36. The number of ether oxygens (including phenoxy) is 3. The minimum atomic E-state index is -0.231. The second-order valence-corrected chi connectivity index (χ2v) is 6.86. The Balaban J connectivity index is 1.51. The second-order valence-electron chi connectivity index (χ2n) is 6.86. The van der Waals surface area contributed by atoms with Crippen molar-refractivity contribution in [3.05, 3.63) is 53.6 Å². The average molecular weight is 384 g/mol. The van der Waals surface area contributed by atoms with Crippen LogP contribution in [-0.4, -0.2) is 26.4 Å². The lowest BCUT2D eigenvalue weighted by molar-refractivity contribution is 0.207. The molecule has 0 aromatic heterocycles. The van der Waals surface area contributed by atoms with E-state index < -0.39 is 0 Å². The van der Waals surface area contributed by atoms with Crippen molar-refractivity contribution in [2.45, 2.75) is 44.9 Å². The molecule has 3 rings (SSSR count). The summed E-state index contributed by atoms with van der Waals surface area (Å²) in [5.74, 6) is 2.16. The zero-order valence-corrected chi connectivity index (χ0v) is 16.5. The van der Waals surface area contributed by atoms with Crippen LogP contribution in [0.15, 0.2) is 42.5 Å². The van der Waals surface area contributed by atoms with Crippen LogP contribution in [-0.2, 0) is 13.1 Å². The number of hydrogen-bond acceptors (Lipinski definition) is 4. The van der Waals surface area contributed by atoms with Crippen LogP contribution in [0, 0.1) is 0 Å². The van der Waals surface area contributed by atoms with Crippen LogP contribution in [0.4, 0.5) is 4.79 Å². The van der Waals surface area contributed by atoms with Crippen molar-refractivity contribution in [3.63, 3.8) is 0 Å². The van der Waals surface area contributed by atoms with Crippen molar-refractivity contribution in [2.24, 2.45) is 0 Å². The van der Waals surface area contributed by atoms with Gasteiger partial charge in [-0.3, -0.25) is 0 Å². The molecule has 6 nitrogen and oxygen atoms in total. The predicted octanol–water partition coefficient (Wildman–Crippen LogP) is 4.02. The minimum Gasteiger partial charge on any atom is -0.493 e. The molecule has 1 aliphatic rings. The molecule has 1 saturated carbocycles. The van der Waals surface area contributed by atoms with Crippen molar-refractivity contribution in [1.29, 1.82) is 0 Å². The van der Waals surface area contributed by atoms with Crippen molar-refractivity contribution in [2.75, 3.05) is 14.2 Å². The molecule has 0 bridgehead atoms. The van der Waals surface area contributed by atoms with Gasteiger partial charge in [-0.05, 0) is 49.4 Å². The first-order chi connectivity index (χ1) is 13.7. The quantitative estimate of drug-likeness (QED) is 0.721. The summed E-state index contributed by atoms with van der Waals surface area (Å²) in [5, 5.41) is 5.76. The third kappa shape index (κ3) is 5.31. The van der Waals surface area contributed by atoms with Gasteiger partial charge in [0.05, 0.1) is 20.3 Å². The summed E-state index contributed by atoms with van der Waals surface area (Å²) in [6.45, 7) is 0.813. The highest BCUT2D eigenvalue weighted by atomic mass is 16.5. The van der Waals surface area contributed by atoms with Crippen molar-refractivity contribution in [3.8, 4) is 17.2 Å². The largest absolute Gasteiger partial charge is 0.493 e. The van der Waals surface area contributed by atoms with Gasteiger partial charge in [0.2, 0.25) is 0 Å². The number of carbonyl (C=O) groups excluding carboxylic acids is 1. The molecule has 150 valence electrons. The first-order valence-corrected chi connectivity index (χ1v) is 9.66. The van der Waals surface area contributed by atoms with E-state index in [1.807, 2.05) is 42.5 Å². The summed E-state index contributed by atoms with van der Waals surface area (Å²) in [5.41, 5.74) is 1.91. The molecule has 0 saturated heterocycles. The summed E-state index contributed by atoms with van der Waals surface area (Å²) < 4.78 is 16.6. The molecule has 6 heteroatoms. The second kappa shape index (κ2) is 9.88. The van der Waals surface area contributed by atoms with E-state index in [2.05, 4.69) is 10.6 Å².